The summed E-state index contributed by atoms with van der Waals surface area (Å²) >= 11 is 0. The molecule has 0 spiro atoms. The van der Waals surface area contributed by atoms with Crippen molar-refractivity contribution in [3.05, 3.63) is 78.0 Å². The van der Waals surface area contributed by atoms with E-state index in [0.717, 1.165) is 45.8 Å². The number of aliphatic hydroxyl groups excluding tert-OH is 1. The van der Waals surface area contributed by atoms with E-state index in [2.05, 4.69) is 54.4 Å². The molecule has 3 unspecified atom stereocenters. The summed E-state index contributed by atoms with van der Waals surface area (Å²) in [7, 11) is 0. The molecular weight excluding hydrogens is 356 g/mol. The largest absolute Gasteiger partial charge is 0.382 e. The lowest BCUT2D eigenvalue weighted by molar-refractivity contribution is -0.985. The van der Waals surface area contributed by atoms with Crippen molar-refractivity contribution in [2.45, 2.75) is 44.9 Å². The molecule has 1 aromatic heterocycles. The summed E-state index contributed by atoms with van der Waals surface area (Å²) in [6.07, 6.45) is 5.08. The Morgan fingerprint density at radius 1 is 1.07 bits per heavy atom. The van der Waals surface area contributed by atoms with Crippen LogP contribution in [0.2, 0.25) is 0 Å². The lowest BCUT2D eigenvalue weighted by atomic mass is 9.70. The second kappa shape index (κ2) is 7.55. The molecule has 3 aliphatic heterocycles. The van der Waals surface area contributed by atoms with Gasteiger partial charge in [-0.2, -0.15) is 0 Å². The Labute approximate surface area is 173 Å². The van der Waals surface area contributed by atoms with Crippen LogP contribution in [0.25, 0.3) is 10.9 Å². The molecule has 4 heterocycles. The highest BCUT2D eigenvalue weighted by Gasteiger charge is 2.54. The monoisotopic (exact) mass is 387 g/mol. The van der Waals surface area contributed by atoms with E-state index < -0.39 is 6.10 Å². The second-order valence-electron chi connectivity index (χ2n) is 9.15. The summed E-state index contributed by atoms with van der Waals surface area (Å²) in [6, 6.07) is 21.4. The third-order valence-electron chi connectivity index (χ3n) is 7.69. The Hall–Kier alpha value is -2.23. The van der Waals surface area contributed by atoms with Crippen LogP contribution in [-0.2, 0) is 6.54 Å². The first-order chi connectivity index (χ1) is 14.2. The standard InChI is InChI=1S/C26H31N2O/c1-2-20-18-28(17-19-8-4-3-5-9-19)15-13-21(20)16-25(28)26(29)23-12-14-27-24-11-7-6-10-22(23)24/h3-12,14,20-21,25-26,29H,2,13,15-18H2,1H3/q+1/t20?,21?,25-,26+,28?/m0/s1. The van der Waals surface area contributed by atoms with Crippen molar-refractivity contribution < 1.29 is 9.59 Å². The van der Waals surface area contributed by atoms with Gasteiger partial charge < -0.3 is 9.59 Å². The third kappa shape index (κ3) is 3.27. The van der Waals surface area contributed by atoms with Crippen LogP contribution < -0.4 is 0 Å². The lowest BCUT2D eigenvalue weighted by Gasteiger charge is -2.58. The van der Waals surface area contributed by atoms with Gasteiger partial charge in [-0.25, -0.2) is 0 Å². The maximum absolute atomic E-state index is 11.7. The summed E-state index contributed by atoms with van der Waals surface area (Å²) in [5, 5.41) is 12.8. The molecule has 3 aromatic rings. The van der Waals surface area contributed by atoms with E-state index in [1.54, 1.807) is 0 Å². The van der Waals surface area contributed by atoms with E-state index in [-0.39, 0.29) is 6.04 Å². The SMILES string of the molecule is CCC1C[N+]2(Cc3ccccc3)CCC1C[C@H]2[C@H](O)c1ccnc2ccccc12. The average Bonchev–Trinajstić information content (AvgIpc) is 2.78. The zero-order valence-electron chi connectivity index (χ0n) is 17.2. The molecule has 1 N–H and O–H groups in total. The van der Waals surface area contributed by atoms with Gasteiger partial charge in [-0.3, -0.25) is 4.98 Å². The molecular formula is C26H31N2O+. The number of benzene rings is 2. The van der Waals surface area contributed by atoms with Crippen LogP contribution in [0.1, 0.15) is 43.4 Å². The van der Waals surface area contributed by atoms with Crippen molar-refractivity contribution in [3.8, 4) is 0 Å². The van der Waals surface area contributed by atoms with E-state index in [0.29, 0.717) is 0 Å². The number of piperidine rings is 3. The Morgan fingerprint density at radius 2 is 1.86 bits per heavy atom. The van der Waals surface area contributed by atoms with Gasteiger partial charge in [-0.1, -0.05) is 55.5 Å². The Bertz CT molecular complexity index is 983. The van der Waals surface area contributed by atoms with Crippen LogP contribution in [0.4, 0.5) is 0 Å². The molecule has 0 aliphatic carbocycles. The fourth-order valence-electron chi connectivity index (χ4n) is 6.19. The number of aliphatic hydroxyl groups is 1. The van der Waals surface area contributed by atoms with Gasteiger partial charge in [0, 0.05) is 35.9 Å². The molecule has 3 heteroatoms. The van der Waals surface area contributed by atoms with Gasteiger partial charge >= 0.3 is 0 Å². The molecule has 29 heavy (non-hydrogen) atoms. The summed E-state index contributed by atoms with van der Waals surface area (Å²) in [6.45, 7) is 5.74. The Balaban J connectivity index is 1.55. The fourth-order valence-corrected chi connectivity index (χ4v) is 6.19. The molecule has 3 aliphatic rings. The van der Waals surface area contributed by atoms with Crippen molar-refractivity contribution in [1.29, 1.82) is 0 Å². The first kappa shape index (κ1) is 18.8. The zero-order chi connectivity index (χ0) is 19.8. The molecule has 150 valence electrons. The third-order valence-corrected chi connectivity index (χ3v) is 7.69. The van der Waals surface area contributed by atoms with Crippen molar-refractivity contribution >= 4 is 10.9 Å². The van der Waals surface area contributed by atoms with E-state index >= 15 is 0 Å². The Morgan fingerprint density at radius 3 is 2.69 bits per heavy atom. The van der Waals surface area contributed by atoms with E-state index in [1.807, 2.05) is 24.4 Å². The molecule has 6 rings (SSSR count). The van der Waals surface area contributed by atoms with Crippen LogP contribution in [0.15, 0.2) is 66.9 Å². The normalized spacial score (nSPS) is 29.8. The van der Waals surface area contributed by atoms with Crippen LogP contribution >= 0.6 is 0 Å². The molecule has 5 atom stereocenters. The highest BCUT2D eigenvalue weighted by atomic mass is 16.3. The highest BCUT2D eigenvalue weighted by molar-refractivity contribution is 5.82. The number of nitrogens with zero attached hydrogens (tertiary/aromatic N) is 2. The van der Waals surface area contributed by atoms with Gasteiger partial charge in [0.1, 0.15) is 18.7 Å². The van der Waals surface area contributed by atoms with Gasteiger partial charge in [0.25, 0.3) is 0 Å². The van der Waals surface area contributed by atoms with E-state index in [9.17, 15) is 5.11 Å². The van der Waals surface area contributed by atoms with Gasteiger partial charge in [0.15, 0.2) is 0 Å². The van der Waals surface area contributed by atoms with Crippen molar-refractivity contribution in [3.63, 3.8) is 0 Å². The van der Waals surface area contributed by atoms with Gasteiger partial charge in [0.2, 0.25) is 0 Å². The molecule has 0 saturated carbocycles. The fraction of sp³-hybridized carbons (Fsp3) is 0.423. The summed E-state index contributed by atoms with van der Waals surface area (Å²) < 4.78 is 1.02. The first-order valence-electron chi connectivity index (χ1n) is 11.1. The van der Waals surface area contributed by atoms with Gasteiger partial charge in [-0.15, -0.1) is 0 Å². The highest BCUT2D eigenvalue weighted by Crippen LogP contribution is 2.48. The quantitative estimate of drug-likeness (QED) is 0.618. The Kier molecular flexibility index (Phi) is 4.89. The van der Waals surface area contributed by atoms with Gasteiger partial charge in [-0.05, 0) is 30.0 Å². The molecule has 0 radical (unpaired) electrons. The smallest absolute Gasteiger partial charge is 0.131 e. The number of hydrogen-bond donors (Lipinski definition) is 1. The van der Waals surface area contributed by atoms with Crippen LogP contribution in [0, 0.1) is 11.8 Å². The minimum absolute atomic E-state index is 0.252. The number of para-hydroxylation sites is 1. The maximum Gasteiger partial charge on any atom is 0.131 e. The maximum atomic E-state index is 11.7. The summed E-state index contributed by atoms with van der Waals surface area (Å²) in [5.74, 6) is 1.54. The number of fused-ring (bicyclic) bond motifs is 4. The predicted octanol–water partition coefficient (Wildman–Crippen LogP) is 5.10. The van der Waals surface area contributed by atoms with Crippen LogP contribution in [0.3, 0.4) is 0 Å². The number of pyridine rings is 1. The summed E-state index contributed by atoms with van der Waals surface area (Å²) in [5.41, 5.74) is 3.41. The van der Waals surface area contributed by atoms with Crippen molar-refractivity contribution in [1.82, 2.24) is 4.98 Å². The lowest BCUT2D eigenvalue weighted by Crippen LogP contribution is -2.67. The second-order valence-corrected chi connectivity index (χ2v) is 9.15. The van der Waals surface area contributed by atoms with Crippen LogP contribution in [-0.4, -0.2) is 33.7 Å². The van der Waals surface area contributed by atoms with Crippen molar-refractivity contribution in [2.24, 2.45) is 11.8 Å². The van der Waals surface area contributed by atoms with E-state index in [1.165, 1.54) is 31.5 Å². The van der Waals surface area contributed by atoms with Crippen LogP contribution in [0.5, 0.6) is 0 Å². The molecule has 2 bridgehead atoms. The number of hydrogen-bond acceptors (Lipinski definition) is 2. The molecule has 0 amide bonds. The minimum atomic E-state index is -0.452. The number of aromatic nitrogens is 1. The number of quaternary nitrogens is 1. The predicted molar refractivity (Wildman–Crippen MR) is 117 cm³/mol. The molecule has 3 saturated heterocycles. The summed E-state index contributed by atoms with van der Waals surface area (Å²) in [4.78, 5) is 4.51. The minimum Gasteiger partial charge on any atom is -0.382 e. The van der Waals surface area contributed by atoms with Crippen molar-refractivity contribution in [2.75, 3.05) is 13.1 Å². The topological polar surface area (TPSA) is 33.1 Å². The van der Waals surface area contributed by atoms with E-state index in [4.69, 9.17) is 0 Å². The number of rotatable bonds is 5. The first-order valence-corrected chi connectivity index (χ1v) is 11.1. The molecule has 3 nitrogen and oxygen atoms in total. The molecule has 3 fully saturated rings. The molecule has 2 aromatic carbocycles. The zero-order valence-corrected chi connectivity index (χ0v) is 17.2. The van der Waals surface area contributed by atoms with Gasteiger partial charge in [0.05, 0.1) is 18.6 Å². The average molecular weight is 388 g/mol.